The summed E-state index contributed by atoms with van der Waals surface area (Å²) in [5, 5.41) is 17.2. The van der Waals surface area contributed by atoms with Crippen LogP contribution in [0.5, 0.6) is 5.75 Å². The predicted octanol–water partition coefficient (Wildman–Crippen LogP) is 4.76. The molecule has 1 heterocycles. The lowest BCUT2D eigenvalue weighted by molar-refractivity contribution is -0.140. The molecular formula is C24H25ClN4O4. The van der Waals surface area contributed by atoms with Gasteiger partial charge in [0, 0.05) is 24.1 Å². The molecule has 0 bridgehead atoms. The van der Waals surface area contributed by atoms with Crippen LogP contribution in [0.15, 0.2) is 40.9 Å². The Labute approximate surface area is 197 Å². The number of ether oxygens (including phenoxy) is 2. The fourth-order valence-corrected chi connectivity index (χ4v) is 3.39. The smallest absolute Gasteiger partial charge is 0.305 e. The number of nitrogens with one attached hydrogen (secondary N) is 1. The van der Waals surface area contributed by atoms with Gasteiger partial charge in [-0.05, 0) is 62.7 Å². The highest BCUT2D eigenvalue weighted by atomic mass is 35.5. The number of hydrogen-bond acceptors (Lipinski definition) is 8. The molecule has 3 aromatic rings. The summed E-state index contributed by atoms with van der Waals surface area (Å²) < 4.78 is 15.7. The number of methoxy groups -OCH3 is 1. The first-order valence-electron chi connectivity index (χ1n) is 10.5. The molecule has 1 aromatic heterocycles. The zero-order valence-electron chi connectivity index (χ0n) is 18.7. The van der Waals surface area contributed by atoms with Gasteiger partial charge in [-0.1, -0.05) is 22.8 Å². The van der Waals surface area contributed by atoms with Gasteiger partial charge in [0.05, 0.1) is 23.8 Å². The number of carbonyl (C=O) groups is 1. The van der Waals surface area contributed by atoms with Gasteiger partial charge in [0.2, 0.25) is 5.82 Å². The van der Waals surface area contributed by atoms with Gasteiger partial charge in [0.15, 0.2) is 0 Å². The van der Waals surface area contributed by atoms with Crippen LogP contribution in [0.25, 0.3) is 22.8 Å². The average Bonchev–Trinajstić information content (AvgIpc) is 3.28. The maximum absolute atomic E-state index is 11.1. The van der Waals surface area contributed by atoms with E-state index in [0.717, 1.165) is 5.56 Å². The van der Waals surface area contributed by atoms with Gasteiger partial charge < -0.3 is 19.3 Å². The number of carbonyl (C=O) groups excluding carboxylic acids is 1. The van der Waals surface area contributed by atoms with Crippen LogP contribution in [0.3, 0.4) is 0 Å². The summed E-state index contributed by atoms with van der Waals surface area (Å²) in [6, 6.07) is 12.9. The van der Waals surface area contributed by atoms with Gasteiger partial charge in [-0.15, -0.1) is 0 Å². The summed E-state index contributed by atoms with van der Waals surface area (Å²) in [5.74, 6) is 0.930. The minimum atomic E-state index is -0.215. The van der Waals surface area contributed by atoms with E-state index in [1.807, 2.05) is 32.0 Å². The van der Waals surface area contributed by atoms with Crippen molar-refractivity contribution < 1.29 is 18.8 Å². The van der Waals surface area contributed by atoms with Crippen molar-refractivity contribution in [3.63, 3.8) is 0 Å². The third kappa shape index (κ3) is 6.54. The fourth-order valence-electron chi connectivity index (χ4n) is 3.10. The maximum Gasteiger partial charge on any atom is 0.305 e. The average molecular weight is 469 g/mol. The zero-order valence-corrected chi connectivity index (χ0v) is 19.5. The second kappa shape index (κ2) is 11.5. The van der Waals surface area contributed by atoms with Crippen molar-refractivity contribution in [3.8, 4) is 34.7 Å². The Hall–Kier alpha value is -3.41. The van der Waals surface area contributed by atoms with Gasteiger partial charge in [-0.2, -0.15) is 10.2 Å². The Kier molecular flexibility index (Phi) is 8.41. The molecule has 3 rings (SSSR count). The third-order valence-electron chi connectivity index (χ3n) is 4.70. The number of aromatic nitrogens is 2. The van der Waals surface area contributed by atoms with E-state index in [0.29, 0.717) is 59.2 Å². The lowest BCUT2D eigenvalue weighted by Gasteiger charge is -2.11. The van der Waals surface area contributed by atoms with E-state index in [2.05, 4.69) is 26.3 Å². The van der Waals surface area contributed by atoms with Crippen molar-refractivity contribution in [1.82, 2.24) is 15.5 Å². The van der Waals surface area contributed by atoms with Crippen LogP contribution >= 0.6 is 11.6 Å². The van der Waals surface area contributed by atoms with Crippen molar-refractivity contribution >= 4 is 17.6 Å². The number of benzene rings is 2. The highest BCUT2D eigenvalue weighted by Gasteiger charge is 2.16. The monoisotopic (exact) mass is 468 g/mol. The second-order valence-corrected chi connectivity index (χ2v) is 7.99. The summed E-state index contributed by atoms with van der Waals surface area (Å²) in [7, 11) is 1.38. The minimum Gasteiger partial charge on any atom is -0.490 e. The molecule has 0 aliphatic carbocycles. The van der Waals surface area contributed by atoms with Gasteiger partial charge in [0.1, 0.15) is 11.8 Å². The van der Waals surface area contributed by atoms with E-state index in [1.165, 1.54) is 7.11 Å². The molecule has 9 heteroatoms. The molecule has 0 aliphatic rings. The largest absolute Gasteiger partial charge is 0.490 e. The Morgan fingerprint density at radius 2 is 2.09 bits per heavy atom. The van der Waals surface area contributed by atoms with Crippen molar-refractivity contribution in [2.24, 2.45) is 0 Å². The number of halogens is 1. The van der Waals surface area contributed by atoms with Gasteiger partial charge in [-0.25, -0.2) is 0 Å². The molecule has 0 spiro atoms. The van der Waals surface area contributed by atoms with Crippen LogP contribution < -0.4 is 10.1 Å². The van der Waals surface area contributed by atoms with Crippen LogP contribution in [-0.2, 0) is 16.1 Å². The van der Waals surface area contributed by atoms with Crippen molar-refractivity contribution in [1.29, 1.82) is 5.26 Å². The summed E-state index contributed by atoms with van der Waals surface area (Å²) in [5.41, 5.74) is 2.64. The number of nitriles is 1. The molecule has 0 aliphatic heterocycles. The van der Waals surface area contributed by atoms with Gasteiger partial charge in [-0.3, -0.25) is 4.79 Å². The fraction of sp³-hybridized carbons (Fsp3) is 0.333. The van der Waals surface area contributed by atoms with Crippen LogP contribution in [0.4, 0.5) is 0 Å². The molecule has 0 unspecified atom stereocenters. The Balaban J connectivity index is 1.68. The number of esters is 1. The molecule has 1 N–H and O–H groups in total. The molecule has 0 saturated carbocycles. The molecule has 2 aromatic carbocycles. The summed E-state index contributed by atoms with van der Waals surface area (Å²) in [6.07, 6.45) is 1.03. The minimum absolute atomic E-state index is 0.0434. The number of hydrogen-bond donors (Lipinski definition) is 1. The van der Waals surface area contributed by atoms with E-state index in [9.17, 15) is 10.1 Å². The van der Waals surface area contributed by atoms with Crippen molar-refractivity contribution in [2.75, 3.05) is 13.7 Å². The molecule has 0 radical (unpaired) electrons. The van der Waals surface area contributed by atoms with E-state index in [4.69, 9.17) is 20.9 Å². The molecular weight excluding hydrogens is 444 g/mol. The molecule has 33 heavy (non-hydrogen) atoms. The Morgan fingerprint density at radius 1 is 1.27 bits per heavy atom. The summed E-state index contributed by atoms with van der Waals surface area (Å²) >= 11 is 6.47. The number of nitrogens with zero attached hydrogens (tertiary/aromatic N) is 3. The first-order chi connectivity index (χ1) is 15.9. The first-order valence-corrected chi connectivity index (χ1v) is 10.9. The molecule has 172 valence electrons. The molecule has 0 amide bonds. The van der Waals surface area contributed by atoms with E-state index in [1.54, 1.807) is 18.2 Å². The van der Waals surface area contributed by atoms with Gasteiger partial charge in [0.25, 0.3) is 5.89 Å². The van der Waals surface area contributed by atoms with Crippen LogP contribution in [0.2, 0.25) is 5.02 Å². The summed E-state index contributed by atoms with van der Waals surface area (Å²) in [6.45, 7) is 5.10. The molecule has 8 nitrogen and oxygen atoms in total. The first kappa shape index (κ1) is 24.2. The molecule has 0 atom stereocenters. The standard InChI is InChI=1S/C24H25ClN4O4/c1-15(2)32-21-9-7-17(12-18(21)13-26)24-28-23(29-33-24)19-8-6-16(11-20(19)25)14-27-10-4-5-22(30)31-3/h6-9,11-12,15,27H,4-5,10,14H2,1-3H3. The highest BCUT2D eigenvalue weighted by molar-refractivity contribution is 6.33. The van der Waals surface area contributed by atoms with Gasteiger partial charge >= 0.3 is 5.97 Å². The molecule has 0 saturated heterocycles. The SMILES string of the molecule is COC(=O)CCCNCc1ccc(-c2noc(-c3ccc(OC(C)C)c(C#N)c3)n2)c(Cl)c1. The van der Waals surface area contributed by atoms with E-state index >= 15 is 0 Å². The predicted molar refractivity (Wildman–Crippen MR) is 124 cm³/mol. The zero-order chi connectivity index (χ0) is 23.8. The highest BCUT2D eigenvalue weighted by Crippen LogP contribution is 2.30. The topological polar surface area (TPSA) is 110 Å². The van der Waals surface area contributed by atoms with Crippen molar-refractivity contribution in [2.45, 2.75) is 39.3 Å². The second-order valence-electron chi connectivity index (χ2n) is 7.58. The van der Waals surface area contributed by atoms with Crippen LogP contribution in [-0.4, -0.2) is 35.9 Å². The molecule has 0 fully saturated rings. The summed E-state index contributed by atoms with van der Waals surface area (Å²) in [4.78, 5) is 15.6. The Bertz CT molecular complexity index is 1150. The Morgan fingerprint density at radius 3 is 2.79 bits per heavy atom. The lowest BCUT2D eigenvalue weighted by atomic mass is 10.1. The van der Waals surface area contributed by atoms with E-state index in [-0.39, 0.29) is 18.0 Å². The lowest BCUT2D eigenvalue weighted by Crippen LogP contribution is -2.16. The maximum atomic E-state index is 11.1. The van der Waals surface area contributed by atoms with Crippen LogP contribution in [0, 0.1) is 11.3 Å². The number of rotatable bonds is 10. The van der Waals surface area contributed by atoms with Crippen LogP contribution in [0.1, 0.15) is 37.8 Å². The normalized spacial score (nSPS) is 10.8. The third-order valence-corrected chi connectivity index (χ3v) is 5.01. The van der Waals surface area contributed by atoms with Crippen molar-refractivity contribution in [3.05, 3.63) is 52.5 Å². The quantitative estimate of drug-likeness (QED) is 0.335. The van der Waals surface area contributed by atoms with E-state index < -0.39 is 0 Å².